The van der Waals surface area contributed by atoms with Crippen LogP contribution in [0.1, 0.15) is 26.5 Å². The molecule has 26 heavy (non-hydrogen) atoms. The second-order valence-corrected chi connectivity index (χ2v) is 7.10. The summed E-state index contributed by atoms with van der Waals surface area (Å²) >= 11 is 1.37. The first-order chi connectivity index (χ1) is 12.6. The van der Waals surface area contributed by atoms with Crippen LogP contribution >= 0.6 is 11.3 Å². The Balaban J connectivity index is 1.48. The van der Waals surface area contributed by atoms with E-state index in [2.05, 4.69) is 15.3 Å². The molecule has 4 rings (SSSR count). The van der Waals surface area contributed by atoms with E-state index in [4.69, 9.17) is 0 Å². The summed E-state index contributed by atoms with van der Waals surface area (Å²) in [5.41, 5.74) is 3.00. The van der Waals surface area contributed by atoms with Gasteiger partial charge in [0.25, 0.3) is 5.91 Å². The maximum Gasteiger partial charge on any atom is 0.277 e. The molecule has 5 nitrogen and oxygen atoms in total. The lowest BCUT2D eigenvalue weighted by atomic mass is 10.1. The molecule has 1 aromatic carbocycles. The van der Waals surface area contributed by atoms with Crippen LogP contribution in [-0.4, -0.2) is 20.3 Å². The monoisotopic (exact) mass is 366 g/mol. The molecule has 0 saturated heterocycles. The first-order valence-electron chi connectivity index (χ1n) is 8.03. The van der Waals surface area contributed by atoms with Gasteiger partial charge in [0.15, 0.2) is 5.13 Å². The van der Waals surface area contributed by atoms with Gasteiger partial charge in [0.2, 0.25) is 0 Å². The molecule has 4 aromatic rings. The number of pyridine rings is 1. The fourth-order valence-corrected chi connectivity index (χ4v) is 3.49. The van der Waals surface area contributed by atoms with Crippen molar-refractivity contribution in [3.05, 3.63) is 82.5 Å². The van der Waals surface area contributed by atoms with Crippen molar-refractivity contribution >= 4 is 28.0 Å². The minimum Gasteiger partial charge on any atom is -0.306 e. The van der Waals surface area contributed by atoms with Crippen molar-refractivity contribution in [2.24, 2.45) is 0 Å². The van der Waals surface area contributed by atoms with Crippen molar-refractivity contribution in [3.63, 3.8) is 0 Å². The third-order valence-electron chi connectivity index (χ3n) is 3.89. The van der Waals surface area contributed by atoms with Crippen LogP contribution in [0.3, 0.4) is 0 Å². The molecule has 3 aromatic heterocycles. The fraction of sp³-hybridized carbons (Fsp3) is 0.105. The lowest BCUT2D eigenvalue weighted by Gasteiger charge is -1.98. The van der Waals surface area contributed by atoms with Gasteiger partial charge < -0.3 is 4.40 Å². The summed E-state index contributed by atoms with van der Waals surface area (Å²) < 4.78 is 15.1. The van der Waals surface area contributed by atoms with E-state index in [0.717, 1.165) is 21.7 Å². The zero-order chi connectivity index (χ0) is 18.1. The van der Waals surface area contributed by atoms with Gasteiger partial charge in [-0.25, -0.2) is 14.4 Å². The Morgan fingerprint density at radius 2 is 2.19 bits per heavy atom. The summed E-state index contributed by atoms with van der Waals surface area (Å²) in [7, 11) is 0. The van der Waals surface area contributed by atoms with Gasteiger partial charge in [-0.3, -0.25) is 10.1 Å². The van der Waals surface area contributed by atoms with E-state index >= 15 is 0 Å². The van der Waals surface area contributed by atoms with Gasteiger partial charge in [-0.2, -0.15) is 0 Å². The van der Waals surface area contributed by atoms with E-state index < -0.39 is 0 Å². The smallest absolute Gasteiger partial charge is 0.277 e. The van der Waals surface area contributed by atoms with Crippen molar-refractivity contribution in [3.8, 4) is 0 Å². The summed E-state index contributed by atoms with van der Waals surface area (Å²) in [6.45, 7) is 1.98. The lowest BCUT2D eigenvalue weighted by molar-refractivity contribution is 0.102. The number of carbonyl (C=O) groups is 1. The van der Waals surface area contributed by atoms with Crippen molar-refractivity contribution < 1.29 is 9.18 Å². The van der Waals surface area contributed by atoms with E-state index in [-0.39, 0.29) is 11.7 Å². The average molecular weight is 366 g/mol. The Labute approximate surface area is 153 Å². The molecule has 1 N–H and O–H groups in total. The summed E-state index contributed by atoms with van der Waals surface area (Å²) in [5.74, 6) is -0.569. The van der Waals surface area contributed by atoms with Crippen LogP contribution in [0.5, 0.6) is 0 Å². The topological polar surface area (TPSA) is 59.3 Å². The molecule has 0 saturated carbocycles. The second kappa shape index (κ2) is 6.68. The number of fused-ring (bicyclic) bond motifs is 1. The number of anilines is 1. The predicted molar refractivity (Wildman–Crippen MR) is 99.2 cm³/mol. The number of thiazole rings is 1. The Morgan fingerprint density at radius 1 is 1.31 bits per heavy atom. The number of carbonyl (C=O) groups excluding carboxylic acids is 1. The van der Waals surface area contributed by atoms with E-state index in [1.165, 1.54) is 23.5 Å². The van der Waals surface area contributed by atoms with Crippen LogP contribution < -0.4 is 5.32 Å². The first-order valence-corrected chi connectivity index (χ1v) is 8.84. The minimum atomic E-state index is -0.307. The molecule has 0 radical (unpaired) electrons. The van der Waals surface area contributed by atoms with Gasteiger partial charge in [-0.1, -0.05) is 12.1 Å². The highest BCUT2D eigenvalue weighted by molar-refractivity contribution is 7.15. The number of nitrogens with zero attached hydrogens (tertiary/aromatic N) is 3. The molecule has 0 atom stereocenters. The summed E-state index contributed by atoms with van der Waals surface area (Å²) in [5, 5.41) is 3.26. The van der Waals surface area contributed by atoms with Gasteiger partial charge >= 0.3 is 0 Å². The molecule has 0 spiro atoms. The third kappa shape index (κ3) is 3.48. The molecular weight excluding hydrogens is 351 g/mol. The van der Waals surface area contributed by atoms with E-state index in [1.54, 1.807) is 22.9 Å². The van der Waals surface area contributed by atoms with Crippen LogP contribution in [0.4, 0.5) is 9.52 Å². The summed E-state index contributed by atoms with van der Waals surface area (Å²) in [6.07, 6.45) is 5.82. The van der Waals surface area contributed by atoms with Crippen LogP contribution in [0.25, 0.3) is 5.65 Å². The number of nitrogens with one attached hydrogen (secondary N) is 1. The highest BCUT2D eigenvalue weighted by atomic mass is 32.1. The van der Waals surface area contributed by atoms with E-state index in [9.17, 15) is 9.18 Å². The molecule has 0 aliphatic heterocycles. The molecule has 0 aliphatic rings. The average Bonchev–Trinajstić information content (AvgIpc) is 3.21. The van der Waals surface area contributed by atoms with Crippen LogP contribution in [0.15, 0.2) is 55.0 Å². The van der Waals surface area contributed by atoms with Gasteiger partial charge in [0.05, 0.1) is 0 Å². The molecule has 7 heteroatoms. The number of amides is 1. The maximum atomic E-state index is 13.3. The van der Waals surface area contributed by atoms with E-state index in [1.807, 2.05) is 31.3 Å². The highest BCUT2D eigenvalue weighted by Crippen LogP contribution is 2.22. The van der Waals surface area contributed by atoms with Gasteiger partial charge in [-0.05, 0) is 42.3 Å². The quantitative estimate of drug-likeness (QED) is 0.592. The molecule has 1 amide bonds. The van der Waals surface area contributed by atoms with Crippen LogP contribution in [0, 0.1) is 12.7 Å². The number of imidazole rings is 1. The standard InChI is InChI=1S/C19H15FN4OS/c1-12-5-6-24-11-16(22-17(24)7-12)18(25)23-19-21-10-15(26-19)9-13-3-2-4-14(20)8-13/h2-8,10-11H,9H2,1H3,(H,21,23,25). The Bertz CT molecular complexity index is 1100. The first kappa shape index (κ1) is 16.4. The van der Waals surface area contributed by atoms with E-state index in [0.29, 0.717) is 17.2 Å². The maximum absolute atomic E-state index is 13.3. The zero-order valence-electron chi connectivity index (χ0n) is 13.9. The zero-order valence-corrected chi connectivity index (χ0v) is 14.8. The predicted octanol–water partition coefficient (Wildman–Crippen LogP) is 4.08. The van der Waals surface area contributed by atoms with Crippen LogP contribution in [-0.2, 0) is 6.42 Å². The number of hydrogen-bond donors (Lipinski definition) is 1. The van der Waals surface area contributed by atoms with Crippen molar-refractivity contribution in [2.45, 2.75) is 13.3 Å². The Hall–Kier alpha value is -3.06. The molecule has 3 heterocycles. The third-order valence-corrected chi connectivity index (χ3v) is 4.80. The molecule has 0 unspecified atom stereocenters. The Kier molecular flexibility index (Phi) is 4.22. The van der Waals surface area contributed by atoms with Crippen molar-refractivity contribution in [2.75, 3.05) is 5.32 Å². The van der Waals surface area contributed by atoms with Gasteiger partial charge in [0, 0.05) is 29.9 Å². The number of aromatic nitrogens is 3. The van der Waals surface area contributed by atoms with Crippen LogP contribution in [0.2, 0.25) is 0 Å². The number of hydrogen-bond acceptors (Lipinski definition) is 4. The molecule has 0 fully saturated rings. The highest BCUT2D eigenvalue weighted by Gasteiger charge is 2.13. The second-order valence-electron chi connectivity index (χ2n) is 5.99. The molecule has 130 valence electrons. The molecule has 0 bridgehead atoms. The Morgan fingerprint density at radius 3 is 3.04 bits per heavy atom. The summed E-state index contributed by atoms with van der Waals surface area (Å²) in [6, 6.07) is 10.3. The largest absolute Gasteiger partial charge is 0.306 e. The summed E-state index contributed by atoms with van der Waals surface area (Å²) in [4.78, 5) is 21.9. The van der Waals surface area contributed by atoms with Gasteiger partial charge in [-0.15, -0.1) is 11.3 Å². The normalized spacial score (nSPS) is 11.0. The number of benzene rings is 1. The minimum absolute atomic E-state index is 0.261. The van der Waals surface area contributed by atoms with Crippen molar-refractivity contribution in [1.82, 2.24) is 14.4 Å². The van der Waals surface area contributed by atoms with Gasteiger partial charge in [0.1, 0.15) is 17.2 Å². The SMILES string of the molecule is Cc1ccn2cc(C(=O)Nc3ncc(Cc4cccc(F)c4)s3)nc2c1. The lowest BCUT2D eigenvalue weighted by Crippen LogP contribution is -2.11. The fourth-order valence-electron chi connectivity index (χ4n) is 2.65. The molecular formula is C19H15FN4OS. The van der Waals surface area contributed by atoms with Crippen molar-refractivity contribution in [1.29, 1.82) is 0 Å². The number of halogens is 1. The number of rotatable bonds is 4. The number of aryl methyl sites for hydroxylation is 1. The molecule has 0 aliphatic carbocycles.